The van der Waals surface area contributed by atoms with E-state index in [1.54, 1.807) is 6.20 Å². The predicted octanol–water partition coefficient (Wildman–Crippen LogP) is 3.46. The van der Waals surface area contributed by atoms with Crippen LogP contribution in [-0.2, 0) is 0 Å². The minimum atomic E-state index is 0.227. The van der Waals surface area contributed by atoms with E-state index in [1.807, 2.05) is 6.07 Å². The molecule has 0 spiro atoms. The maximum Gasteiger partial charge on any atom is 0.145 e. The second-order valence-electron chi connectivity index (χ2n) is 3.67. The highest BCUT2D eigenvalue weighted by Gasteiger charge is 2.37. The summed E-state index contributed by atoms with van der Waals surface area (Å²) >= 11 is 9.33. The molecule has 2 rings (SSSR count). The number of nitrogens with zero attached hydrogens (tertiary/aromatic N) is 1. The van der Waals surface area contributed by atoms with E-state index < -0.39 is 0 Å². The van der Waals surface area contributed by atoms with Crippen molar-refractivity contribution in [1.82, 2.24) is 4.98 Å². The van der Waals surface area contributed by atoms with Crippen molar-refractivity contribution in [3.63, 3.8) is 0 Å². The molecule has 1 heterocycles. The van der Waals surface area contributed by atoms with Crippen molar-refractivity contribution in [1.29, 1.82) is 0 Å². The van der Waals surface area contributed by atoms with Crippen molar-refractivity contribution in [2.75, 3.05) is 5.32 Å². The highest BCUT2D eigenvalue weighted by atomic mass is 79.9. The summed E-state index contributed by atoms with van der Waals surface area (Å²) < 4.78 is 0.906. The van der Waals surface area contributed by atoms with Crippen molar-refractivity contribution in [3.8, 4) is 0 Å². The molecule has 0 unspecified atom stereocenters. The largest absolute Gasteiger partial charge is 0.364 e. The second-order valence-corrected chi connectivity index (χ2v) is 4.99. The second kappa shape index (κ2) is 3.14. The van der Waals surface area contributed by atoms with Gasteiger partial charge in [0, 0.05) is 16.2 Å². The predicted molar refractivity (Wildman–Crippen MR) is 58.2 cm³/mol. The summed E-state index contributed by atoms with van der Waals surface area (Å²) in [5.74, 6) is 0.782. The quantitative estimate of drug-likeness (QED) is 0.882. The van der Waals surface area contributed by atoms with Crippen molar-refractivity contribution in [2.24, 2.45) is 0 Å². The van der Waals surface area contributed by atoms with Crippen LogP contribution in [0, 0.1) is 0 Å². The van der Waals surface area contributed by atoms with Gasteiger partial charge in [0.15, 0.2) is 0 Å². The minimum Gasteiger partial charge on any atom is -0.364 e. The zero-order chi connectivity index (χ0) is 9.47. The van der Waals surface area contributed by atoms with Crippen LogP contribution in [0.15, 0.2) is 16.7 Å². The number of rotatable bonds is 2. The fourth-order valence-electron chi connectivity index (χ4n) is 1.10. The van der Waals surface area contributed by atoms with E-state index in [0.717, 1.165) is 10.3 Å². The van der Waals surface area contributed by atoms with Gasteiger partial charge in [-0.3, -0.25) is 0 Å². The molecule has 0 amide bonds. The van der Waals surface area contributed by atoms with Crippen LogP contribution in [-0.4, -0.2) is 10.5 Å². The van der Waals surface area contributed by atoms with Gasteiger partial charge in [-0.15, -0.1) is 0 Å². The van der Waals surface area contributed by atoms with Crippen LogP contribution in [0.2, 0.25) is 5.02 Å². The maximum absolute atomic E-state index is 6.01. The molecular formula is C9H10BrClN2. The SMILES string of the molecule is CC1(Nc2ncc(Br)cc2Cl)CC1. The highest BCUT2D eigenvalue weighted by molar-refractivity contribution is 9.10. The molecule has 1 fully saturated rings. The fraction of sp³-hybridized carbons (Fsp3) is 0.444. The van der Waals surface area contributed by atoms with Gasteiger partial charge in [-0.2, -0.15) is 0 Å². The van der Waals surface area contributed by atoms with E-state index in [9.17, 15) is 0 Å². The number of nitrogens with one attached hydrogen (secondary N) is 1. The Morgan fingerprint density at radius 2 is 2.31 bits per heavy atom. The molecule has 1 aromatic rings. The van der Waals surface area contributed by atoms with Gasteiger partial charge in [0.1, 0.15) is 5.82 Å². The Morgan fingerprint density at radius 1 is 1.62 bits per heavy atom. The monoisotopic (exact) mass is 260 g/mol. The molecule has 4 heteroatoms. The van der Waals surface area contributed by atoms with Crippen molar-refractivity contribution >= 4 is 33.3 Å². The molecule has 0 saturated heterocycles. The number of anilines is 1. The van der Waals surface area contributed by atoms with Crippen LogP contribution in [0.1, 0.15) is 19.8 Å². The molecule has 13 heavy (non-hydrogen) atoms. The Hall–Kier alpha value is -0.280. The number of hydrogen-bond donors (Lipinski definition) is 1. The van der Waals surface area contributed by atoms with Gasteiger partial charge < -0.3 is 5.32 Å². The van der Waals surface area contributed by atoms with Crippen LogP contribution in [0.3, 0.4) is 0 Å². The first-order chi connectivity index (χ1) is 6.09. The fourth-order valence-corrected chi connectivity index (χ4v) is 1.78. The van der Waals surface area contributed by atoms with Crippen LogP contribution in [0.5, 0.6) is 0 Å². The molecule has 0 radical (unpaired) electrons. The average Bonchev–Trinajstić information content (AvgIpc) is 2.75. The van der Waals surface area contributed by atoms with Crippen molar-refractivity contribution in [2.45, 2.75) is 25.3 Å². The lowest BCUT2D eigenvalue weighted by molar-refractivity contribution is 0.821. The first kappa shape index (κ1) is 9.28. The molecule has 0 aliphatic heterocycles. The lowest BCUT2D eigenvalue weighted by Crippen LogP contribution is -2.17. The van der Waals surface area contributed by atoms with Gasteiger partial charge in [-0.1, -0.05) is 11.6 Å². The molecule has 1 aliphatic carbocycles. The summed E-state index contributed by atoms with van der Waals surface area (Å²) in [6.07, 6.45) is 4.14. The third-order valence-corrected chi connectivity index (χ3v) is 2.95. The standard InChI is InChI=1S/C9H10BrClN2/c1-9(2-3-9)13-8-7(11)4-6(10)5-12-8/h4-5H,2-3H2,1H3,(H,12,13). The summed E-state index contributed by atoms with van der Waals surface area (Å²) in [4.78, 5) is 4.21. The van der Waals surface area contributed by atoms with Crippen LogP contribution < -0.4 is 5.32 Å². The Morgan fingerprint density at radius 3 is 2.85 bits per heavy atom. The van der Waals surface area contributed by atoms with E-state index >= 15 is 0 Å². The van der Waals surface area contributed by atoms with Crippen molar-refractivity contribution < 1.29 is 0 Å². The van der Waals surface area contributed by atoms with Gasteiger partial charge in [0.2, 0.25) is 0 Å². The van der Waals surface area contributed by atoms with Gasteiger partial charge in [0.05, 0.1) is 5.02 Å². The van der Waals surface area contributed by atoms with Crippen LogP contribution >= 0.6 is 27.5 Å². The average molecular weight is 262 g/mol. The molecule has 1 N–H and O–H groups in total. The normalized spacial score (nSPS) is 18.4. The molecule has 1 aromatic heterocycles. The van der Waals surface area contributed by atoms with Crippen LogP contribution in [0.4, 0.5) is 5.82 Å². The van der Waals surface area contributed by atoms with Crippen LogP contribution in [0.25, 0.3) is 0 Å². The first-order valence-corrected chi connectivity index (χ1v) is 5.35. The number of aromatic nitrogens is 1. The Labute approximate surface area is 90.8 Å². The summed E-state index contributed by atoms with van der Waals surface area (Å²) in [6.45, 7) is 2.17. The highest BCUT2D eigenvalue weighted by Crippen LogP contribution is 2.39. The number of hydrogen-bond acceptors (Lipinski definition) is 2. The molecule has 70 valence electrons. The molecule has 0 bridgehead atoms. The van der Waals surface area contributed by atoms with Gasteiger partial charge >= 0.3 is 0 Å². The topological polar surface area (TPSA) is 24.9 Å². The van der Waals surface area contributed by atoms with Crippen molar-refractivity contribution in [3.05, 3.63) is 21.8 Å². The number of pyridine rings is 1. The van der Waals surface area contributed by atoms with E-state index in [4.69, 9.17) is 11.6 Å². The zero-order valence-electron chi connectivity index (χ0n) is 7.27. The van der Waals surface area contributed by atoms with E-state index in [-0.39, 0.29) is 5.54 Å². The number of halogens is 2. The maximum atomic E-state index is 6.01. The molecule has 2 nitrogen and oxygen atoms in total. The molecular weight excluding hydrogens is 251 g/mol. The smallest absolute Gasteiger partial charge is 0.145 e. The van der Waals surface area contributed by atoms with Gasteiger partial charge in [0.25, 0.3) is 0 Å². The summed E-state index contributed by atoms with van der Waals surface area (Å²) in [5.41, 5.74) is 0.227. The first-order valence-electron chi connectivity index (χ1n) is 4.18. The third kappa shape index (κ3) is 2.15. The molecule has 0 aromatic carbocycles. The van der Waals surface area contributed by atoms with E-state index in [1.165, 1.54) is 12.8 Å². The van der Waals surface area contributed by atoms with E-state index in [0.29, 0.717) is 5.02 Å². The summed E-state index contributed by atoms with van der Waals surface area (Å²) in [6, 6.07) is 1.85. The Bertz CT molecular complexity index is 336. The zero-order valence-corrected chi connectivity index (χ0v) is 9.61. The molecule has 1 aliphatic rings. The molecule has 0 atom stereocenters. The third-order valence-electron chi connectivity index (χ3n) is 2.23. The van der Waals surface area contributed by atoms with Gasteiger partial charge in [-0.05, 0) is 41.8 Å². The Kier molecular flexibility index (Phi) is 2.24. The lowest BCUT2D eigenvalue weighted by atomic mass is 10.3. The molecule has 1 saturated carbocycles. The minimum absolute atomic E-state index is 0.227. The lowest BCUT2D eigenvalue weighted by Gasteiger charge is -2.13. The van der Waals surface area contributed by atoms with E-state index in [2.05, 4.69) is 33.2 Å². The summed E-state index contributed by atoms with van der Waals surface area (Å²) in [7, 11) is 0. The summed E-state index contributed by atoms with van der Waals surface area (Å²) in [5, 5.41) is 3.99. The Balaban J connectivity index is 2.20. The van der Waals surface area contributed by atoms with Gasteiger partial charge in [-0.25, -0.2) is 4.98 Å².